The average Bonchev–Trinajstić information content (AvgIpc) is 3.48. The van der Waals surface area contributed by atoms with Crippen LogP contribution in [0.5, 0.6) is 11.5 Å². The first-order valence-electron chi connectivity index (χ1n) is 11.2. The molecular weight excluding hydrogens is 508 g/mol. The number of nitrogens with one attached hydrogen (secondary N) is 2. The summed E-state index contributed by atoms with van der Waals surface area (Å²) < 4.78 is 64.3. The SMILES string of the molecule is CCn1c(=O)[nH]c2nccc(Oc3ccc(NC(=O)c4ncn(-c5ccccc5)c4C(F)(F)F)cc3F)c21. The number of halogens is 4. The van der Waals surface area contributed by atoms with E-state index in [1.807, 2.05) is 0 Å². The number of amides is 1. The van der Waals surface area contributed by atoms with E-state index in [2.05, 4.69) is 20.3 Å². The molecule has 0 radical (unpaired) electrons. The first-order valence-corrected chi connectivity index (χ1v) is 11.2. The molecule has 0 saturated heterocycles. The Hall–Kier alpha value is -4.94. The lowest BCUT2D eigenvalue weighted by atomic mass is 10.2. The third kappa shape index (κ3) is 4.49. The van der Waals surface area contributed by atoms with Gasteiger partial charge in [0.05, 0.1) is 0 Å². The van der Waals surface area contributed by atoms with E-state index in [4.69, 9.17) is 4.74 Å². The number of ether oxygens (including phenoxy) is 1. The van der Waals surface area contributed by atoms with Crippen molar-refractivity contribution in [3.05, 3.63) is 94.8 Å². The Kier molecular flexibility index (Phi) is 6.18. The van der Waals surface area contributed by atoms with Gasteiger partial charge in [-0.15, -0.1) is 0 Å². The second kappa shape index (κ2) is 9.50. The number of fused-ring (bicyclic) bond motifs is 1. The molecule has 0 aliphatic heterocycles. The lowest BCUT2D eigenvalue weighted by molar-refractivity contribution is -0.142. The Morgan fingerprint density at radius 2 is 1.84 bits per heavy atom. The summed E-state index contributed by atoms with van der Waals surface area (Å²) >= 11 is 0. The molecule has 9 nitrogen and oxygen atoms in total. The van der Waals surface area contributed by atoms with Crippen LogP contribution in [0.15, 0.2) is 71.9 Å². The fraction of sp³-hybridized carbons (Fsp3) is 0.120. The maximum Gasteiger partial charge on any atom is 0.434 e. The molecule has 0 spiro atoms. The lowest BCUT2D eigenvalue weighted by Crippen LogP contribution is -2.21. The average molecular weight is 526 g/mol. The van der Waals surface area contributed by atoms with Crippen molar-refractivity contribution >= 4 is 22.8 Å². The highest BCUT2D eigenvalue weighted by Crippen LogP contribution is 2.34. The minimum atomic E-state index is -4.89. The maximum absolute atomic E-state index is 14.9. The number of hydrogen-bond acceptors (Lipinski definition) is 5. The molecule has 0 atom stereocenters. The molecule has 0 bridgehead atoms. The quantitative estimate of drug-likeness (QED) is 0.298. The molecule has 2 N–H and O–H groups in total. The van der Waals surface area contributed by atoms with Gasteiger partial charge in [0.25, 0.3) is 5.91 Å². The molecule has 0 aliphatic rings. The summed E-state index contributed by atoms with van der Waals surface area (Å²) in [6, 6.07) is 12.4. The van der Waals surface area contributed by atoms with Crippen LogP contribution in [-0.2, 0) is 12.7 Å². The van der Waals surface area contributed by atoms with Gasteiger partial charge in [-0.3, -0.25) is 18.9 Å². The Morgan fingerprint density at radius 3 is 2.53 bits per heavy atom. The Bertz CT molecular complexity index is 1710. The van der Waals surface area contributed by atoms with Gasteiger partial charge in [0.15, 0.2) is 34.4 Å². The number of alkyl halides is 3. The van der Waals surface area contributed by atoms with Gasteiger partial charge in [0.1, 0.15) is 11.8 Å². The lowest BCUT2D eigenvalue weighted by Gasteiger charge is -2.13. The van der Waals surface area contributed by atoms with E-state index in [1.165, 1.54) is 41.1 Å². The van der Waals surface area contributed by atoms with Gasteiger partial charge in [0, 0.05) is 36.2 Å². The number of carbonyl (C=O) groups is 1. The number of H-pyrrole nitrogens is 1. The number of hydrogen-bond donors (Lipinski definition) is 2. The number of aryl methyl sites for hydroxylation is 1. The van der Waals surface area contributed by atoms with Crippen molar-refractivity contribution < 1.29 is 27.1 Å². The van der Waals surface area contributed by atoms with Gasteiger partial charge in [-0.2, -0.15) is 13.2 Å². The van der Waals surface area contributed by atoms with Crippen LogP contribution in [0.3, 0.4) is 0 Å². The van der Waals surface area contributed by atoms with Crippen LogP contribution in [0.25, 0.3) is 16.9 Å². The van der Waals surface area contributed by atoms with Crippen LogP contribution in [0.2, 0.25) is 0 Å². The van der Waals surface area contributed by atoms with E-state index in [0.29, 0.717) is 12.1 Å². The second-order valence-electron chi connectivity index (χ2n) is 8.03. The molecular formula is C25H18F4N6O3. The Labute approximate surface area is 211 Å². The minimum absolute atomic E-state index is 0.116. The predicted octanol–water partition coefficient (Wildman–Crippen LogP) is 5.13. The van der Waals surface area contributed by atoms with Crippen LogP contribution in [0.4, 0.5) is 23.2 Å². The molecule has 0 saturated carbocycles. The van der Waals surface area contributed by atoms with Crippen LogP contribution >= 0.6 is 0 Å². The number of aromatic amines is 1. The largest absolute Gasteiger partial charge is 0.452 e. The van der Waals surface area contributed by atoms with Crippen LogP contribution in [-0.4, -0.2) is 30.0 Å². The third-order valence-electron chi connectivity index (χ3n) is 5.64. The molecule has 0 fully saturated rings. The smallest absolute Gasteiger partial charge is 0.434 e. The van der Waals surface area contributed by atoms with Gasteiger partial charge in [-0.1, -0.05) is 18.2 Å². The summed E-state index contributed by atoms with van der Waals surface area (Å²) in [5.74, 6) is -2.15. The molecule has 194 valence electrons. The van der Waals surface area contributed by atoms with Crippen molar-refractivity contribution in [1.29, 1.82) is 0 Å². The van der Waals surface area contributed by atoms with Gasteiger partial charge < -0.3 is 10.1 Å². The highest BCUT2D eigenvalue weighted by molar-refractivity contribution is 6.04. The molecule has 3 aromatic heterocycles. The molecule has 5 rings (SSSR count). The standard InChI is InChI=1S/C25H18F4N6O3/c1-2-34-20-18(10-11-30-22(20)33-24(34)37)38-17-9-8-14(12-16(17)26)32-23(36)19-21(25(27,28)29)35(13-31-19)15-6-4-3-5-7-15/h3-13H,2H2,1H3,(H,32,36)(H,30,33,37). The van der Waals surface area contributed by atoms with Gasteiger partial charge in [-0.05, 0) is 31.2 Å². The fourth-order valence-electron chi connectivity index (χ4n) is 3.98. The zero-order valence-corrected chi connectivity index (χ0v) is 19.6. The van der Waals surface area contributed by atoms with E-state index < -0.39 is 35.0 Å². The summed E-state index contributed by atoms with van der Waals surface area (Å²) in [4.78, 5) is 35.2. The Morgan fingerprint density at radius 1 is 1.08 bits per heavy atom. The van der Waals surface area contributed by atoms with Crippen molar-refractivity contribution in [3.63, 3.8) is 0 Å². The second-order valence-corrected chi connectivity index (χ2v) is 8.03. The minimum Gasteiger partial charge on any atom is -0.452 e. The molecule has 0 aliphatic carbocycles. The number of carbonyl (C=O) groups excluding carboxylic acids is 1. The zero-order chi connectivity index (χ0) is 27.0. The molecule has 38 heavy (non-hydrogen) atoms. The van der Waals surface area contributed by atoms with Crippen molar-refractivity contribution in [3.8, 4) is 17.2 Å². The van der Waals surface area contributed by atoms with E-state index in [9.17, 15) is 27.2 Å². The number of imidazole rings is 2. The predicted molar refractivity (Wildman–Crippen MR) is 129 cm³/mol. The number of anilines is 1. The van der Waals surface area contributed by atoms with Gasteiger partial charge in [0.2, 0.25) is 0 Å². The number of pyridine rings is 1. The maximum atomic E-state index is 14.9. The van der Waals surface area contributed by atoms with E-state index in [0.717, 1.165) is 17.0 Å². The zero-order valence-electron chi connectivity index (χ0n) is 19.6. The van der Waals surface area contributed by atoms with Gasteiger partial charge in [-0.25, -0.2) is 19.2 Å². The normalized spacial score (nSPS) is 11.6. The molecule has 5 aromatic rings. The monoisotopic (exact) mass is 526 g/mol. The highest BCUT2D eigenvalue weighted by Gasteiger charge is 2.40. The summed E-state index contributed by atoms with van der Waals surface area (Å²) in [7, 11) is 0. The number of rotatable bonds is 6. The first kappa shape index (κ1) is 24.7. The third-order valence-corrected chi connectivity index (χ3v) is 5.64. The fourth-order valence-corrected chi connectivity index (χ4v) is 3.98. The van der Waals surface area contributed by atoms with E-state index >= 15 is 0 Å². The van der Waals surface area contributed by atoms with Crippen molar-refractivity contribution in [2.45, 2.75) is 19.6 Å². The van der Waals surface area contributed by atoms with E-state index in [-0.39, 0.29) is 28.5 Å². The van der Waals surface area contributed by atoms with Crippen LogP contribution in [0, 0.1) is 5.82 Å². The van der Waals surface area contributed by atoms with E-state index in [1.54, 1.807) is 25.1 Å². The number of benzene rings is 2. The molecule has 3 heterocycles. The molecule has 0 unspecified atom stereocenters. The summed E-state index contributed by atoms with van der Waals surface area (Å²) in [6.07, 6.45) is -2.61. The van der Waals surface area contributed by atoms with Crippen molar-refractivity contribution in [1.82, 2.24) is 24.1 Å². The summed E-state index contributed by atoms with van der Waals surface area (Å²) in [5.41, 5.74) is -1.89. The van der Waals surface area contributed by atoms with Crippen molar-refractivity contribution in [2.75, 3.05) is 5.32 Å². The first-order chi connectivity index (χ1) is 18.2. The molecule has 2 aromatic carbocycles. The highest BCUT2D eigenvalue weighted by atomic mass is 19.4. The topological polar surface area (TPSA) is 107 Å². The summed E-state index contributed by atoms with van der Waals surface area (Å²) in [6.45, 7) is 2.06. The summed E-state index contributed by atoms with van der Waals surface area (Å²) in [5, 5.41) is 2.25. The number of para-hydroxylation sites is 1. The van der Waals surface area contributed by atoms with Gasteiger partial charge >= 0.3 is 11.9 Å². The van der Waals surface area contributed by atoms with Crippen LogP contribution in [0.1, 0.15) is 23.1 Å². The molecule has 1 amide bonds. The molecule has 13 heteroatoms. The van der Waals surface area contributed by atoms with Crippen molar-refractivity contribution in [2.24, 2.45) is 0 Å². The Balaban J connectivity index is 1.42. The number of aromatic nitrogens is 5. The number of nitrogens with zero attached hydrogens (tertiary/aromatic N) is 4. The van der Waals surface area contributed by atoms with Crippen LogP contribution < -0.4 is 15.7 Å².